The molecule has 2 rings (SSSR count). The van der Waals surface area contributed by atoms with E-state index in [1.54, 1.807) is 36.4 Å². The molecule has 0 spiro atoms. The zero-order chi connectivity index (χ0) is 17.5. The second kappa shape index (κ2) is 8.36. The Morgan fingerprint density at radius 1 is 1.08 bits per heavy atom. The van der Waals surface area contributed by atoms with Gasteiger partial charge in [0.25, 0.3) is 5.91 Å². The maximum absolute atomic E-state index is 12.1. The number of benzene rings is 2. The minimum atomic E-state index is -0.194. The Morgan fingerprint density at radius 2 is 1.79 bits per heavy atom. The first-order valence-electron chi connectivity index (χ1n) is 7.57. The number of hydrogen-bond acceptors (Lipinski definition) is 3. The third kappa shape index (κ3) is 4.99. The molecule has 0 aliphatic heterocycles. The van der Waals surface area contributed by atoms with Crippen molar-refractivity contribution in [2.75, 3.05) is 30.9 Å². The summed E-state index contributed by atoms with van der Waals surface area (Å²) in [5.41, 5.74) is 2.08. The molecular weight excluding hydrogens is 326 g/mol. The van der Waals surface area contributed by atoms with E-state index < -0.39 is 0 Å². The van der Waals surface area contributed by atoms with E-state index in [4.69, 9.17) is 11.6 Å². The van der Waals surface area contributed by atoms with E-state index in [2.05, 4.69) is 10.6 Å². The van der Waals surface area contributed by atoms with Crippen LogP contribution in [0.15, 0.2) is 48.5 Å². The number of amides is 2. The standard InChI is InChI=1S/C18H20ClN3O2/c1-22(2)16-9-8-14(19)12-15(16)21-17(23)10-11-20-18(24)13-6-4-3-5-7-13/h3-9,12H,10-11H2,1-2H3,(H,20,24)(H,21,23). The Balaban J connectivity index is 1.88. The number of nitrogens with zero attached hydrogens (tertiary/aromatic N) is 1. The van der Waals surface area contributed by atoms with Gasteiger partial charge in [0.1, 0.15) is 0 Å². The summed E-state index contributed by atoms with van der Waals surface area (Å²) >= 11 is 5.99. The van der Waals surface area contributed by atoms with Crippen molar-refractivity contribution < 1.29 is 9.59 Å². The first-order chi connectivity index (χ1) is 11.5. The lowest BCUT2D eigenvalue weighted by molar-refractivity contribution is -0.116. The molecule has 24 heavy (non-hydrogen) atoms. The quantitative estimate of drug-likeness (QED) is 0.845. The Labute approximate surface area is 146 Å². The second-order valence-corrected chi connectivity index (χ2v) is 5.91. The lowest BCUT2D eigenvalue weighted by Gasteiger charge is -2.18. The van der Waals surface area contributed by atoms with Crippen LogP contribution in [0.2, 0.25) is 5.02 Å². The predicted octanol–water partition coefficient (Wildman–Crippen LogP) is 3.16. The number of hydrogen-bond donors (Lipinski definition) is 2. The van der Waals surface area contributed by atoms with Crippen molar-refractivity contribution >= 4 is 34.8 Å². The fourth-order valence-electron chi connectivity index (χ4n) is 2.19. The van der Waals surface area contributed by atoms with Gasteiger partial charge in [-0.3, -0.25) is 9.59 Å². The van der Waals surface area contributed by atoms with Gasteiger partial charge in [0.05, 0.1) is 11.4 Å². The first-order valence-corrected chi connectivity index (χ1v) is 7.95. The maximum atomic E-state index is 12.1. The average molecular weight is 346 g/mol. The number of nitrogens with one attached hydrogen (secondary N) is 2. The van der Waals surface area contributed by atoms with Gasteiger partial charge in [-0.1, -0.05) is 29.8 Å². The molecule has 2 aromatic carbocycles. The van der Waals surface area contributed by atoms with Crippen LogP contribution in [0.3, 0.4) is 0 Å². The molecule has 0 aliphatic rings. The third-order valence-electron chi connectivity index (χ3n) is 3.39. The number of anilines is 2. The highest BCUT2D eigenvalue weighted by molar-refractivity contribution is 6.31. The van der Waals surface area contributed by atoms with Crippen LogP contribution in [0.1, 0.15) is 16.8 Å². The van der Waals surface area contributed by atoms with Crippen molar-refractivity contribution in [1.29, 1.82) is 0 Å². The fourth-order valence-corrected chi connectivity index (χ4v) is 2.36. The smallest absolute Gasteiger partial charge is 0.251 e. The van der Waals surface area contributed by atoms with Gasteiger partial charge >= 0.3 is 0 Å². The molecular formula is C18H20ClN3O2. The summed E-state index contributed by atoms with van der Waals surface area (Å²) in [6.45, 7) is 0.261. The summed E-state index contributed by atoms with van der Waals surface area (Å²) in [5, 5.41) is 6.11. The topological polar surface area (TPSA) is 61.4 Å². The molecule has 2 amide bonds. The highest BCUT2D eigenvalue weighted by Gasteiger charge is 2.10. The first kappa shape index (κ1) is 17.8. The van der Waals surface area contributed by atoms with E-state index in [0.29, 0.717) is 16.3 Å². The molecule has 0 aliphatic carbocycles. The van der Waals surface area contributed by atoms with Crippen molar-refractivity contribution in [3.05, 3.63) is 59.1 Å². The Morgan fingerprint density at radius 3 is 2.46 bits per heavy atom. The van der Waals surface area contributed by atoms with E-state index in [9.17, 15) is 9.59 Å². The largest absolute Gasteiger partial charge is 0.376 e. The molecule has 0 bridgehead atoms. The monoisotopic (exact) mass is 345 g/mol. The molecule has 0 radical (unpaired) electrons. The number of carbonyl (C=O) groups excluding carboxylic acids is 2. The zero-order valence-electron chi connectivity index (χ0n) is 13.7. The van der Waals surface area contributed by atoms with Crippen molar-refractivity contribution in [3.63, 3.8) is 0 Å². The molecule has 0 atom stereocenters. The van der Waals surface area contributed by atoms with Crippen LogP contribution in [0.4, 0.5) is 11.4 Å². The van der Waals surface area contributed by atoms with Gasteiger partial charge in [0.2, 0.25) is 5.91 Å². The van der Waals surface area contributed by atoms with Crippen molar-refractivity contribution in [2.45, 2.75) is 6.42 Å². The van der Waals surface area contributed by atoms with Crippen molar-refractivity contribution in [2.24, 2.45) is 0 Å². The van der Waals surface area contributed by atoms with Gasteiger partial charge in [0, 0.05) is 37.6 Å². The highest BCUT2D eigenvalue weighted by Crippen LogP contribution is 2.27. The molecule has 0 heterocycles. The lowest BCUT2D eigenvalue weighted by Crippen LogP contribution is -2.27. The summed E-state index contributed by atoms with van der Waals surface area (Å²) in [7, 11) is 3.78. The highest BCUT2D eigenvalue weighted by atomic mass is 35.5. The Hall–Kier alpha value is -2.53. The summed E-state index contributed by atoms with van der Waals surface area (Å²) in [6.07, 6.45) is 0.179. The van der Waals surface area contributed by atoms with E-state index in [1.165, 1.54) is 0 Å². The molecule has 2 N–H and O–H groups in total. The number of rotatable bonds is 6. The molecule has 0 aromatic heterocycles. The summed E-state index contributed by atoms with van der Waals surface area (Å²) in [5.74, 6) is -0.381. The number of halogens is 1. The maximum Gasteiger partial charge on any atom is 0.251 e. The predicted molar refractivity (Wildman–Crippen MR) is 97.8 cm³/mol. The van der Waals surface area contributed by atoms with Gasteiger partial charge in [-0.25, -0.2) is 0 Å². The fraction of sp³-hybridized carbons (Fsp3) is 0.222. The van der Waals surface area contributed by atoms with Gasteiger partial charge < -0.3 is 15.5 Å². The van der Waals surface area contributed by atoms with E-state index >= 15 is 0 Å². The van der Waals surface area contributed by atoms with Gasteiger partial charge in [-0.05, 0) is 30.3 Å². The molecule has 0 fully saturated rings. The average Bonchev–Trinajstić information content (AvgIpc) is 2.55. The molecule has 6 heteroatoms. The van der Waals surface area contributed by atoms with Crippen LogP contribution in [-0.2, 0) is 4.79 Å². The minimum Gasteiger partial charge on any atom is -0.376 e. The number of carbonyl (C=O) groups is 2. The van der Waals surface area contributed by atoms with Crippen LogP contribution in [0.5, 0.6) is 0 Å². The minimum absolute atomic E-state index is 0.179. The van der Waals surface area contributed by atoms with E-state index in [1.807, 2.05) is 31.1 Å². The Kier molecular flexibility index (Phi) is 6.21. The molecule has 0 saturated carbocycles. The summed E-state index contributed by atoms with van der Waals surface area (Å²) < 4.78 is 0. The summed E-state index contributed by atoms with van der Waals surface area (Å²) in [4.78, 5) is 25.9. The molecule has 0 unspecified atom stereocenters. The van der Waals surface area contributed by atoms with Crippen LogP contribution in [0, 0.1) is 0 Å². The normalized spacial score (nSPS) is 10.1. The summed E-state index contributed by atoms with van der Waals surface area (Å²) in [6, 6.07) is 14.2. The molecule has 126 valence electrons. The SMILES string of the molecule is CN(C)c1ccc(Cl)cc1NC(=O)CCNC(=O)c1ccccc1. The van der Waals surface area contributed by atoms with Crippen LogP contribution >= 0.6 is 11.6 Å². The van der Waals surface area contributed by atoms with Gasteiger partial charge in [-0.15, -0.1) is 0 Å². The third-order valence-corrected chi connectivity index (χ3v) is 3.62. The second-order valence-electron chi connectivity index (χ2n) is 5.48. The Bertz CT molecular complexity index is 717. The van der Waals surface area contributed by atoms with Crippen LogP contribution < -0.4 is 15.5 Å². The molecule has 2 aromatic rings. The van der Waals surface area contributed by atoms with Gasteiger partial charge in [0.15, 0.2) is 0 Å². The van der Waals surface area contributed by atoms with Gasteiger partial charge in [-0.2, -0.15) is 0 Å². The van der Waals surface area contributed by atoms with Crippen LogP contribution in [0.25, 0.3) is 0 Å². The lowest BCUT2D eigenvalue weighted by atomic mass is 10.2. The zero-order valence-corrected chi connectivity index (χ0v) is 14.4. The van der Waals surface area contributed by atoms with Crippen molar-refractivity contribution in [3.8, 4) is 0 Å². The van der Waals surface area contributed by atoms with Crippen LogP contribution in [-0.4, -0.2) is 32.5 Å². The molecule has 5 nitrogen and oxygen atoms in total. The molecule has 0 saturated heterocycles. The van der Waals surface area contributed by atoms with Crippen molar-refractivity contribution in [1.82, 2.24) is 5.32 Å². The van der Waals surface area contributed by atoms with E-state index in [0.717, 1.165) is 5.69 Å². The van der Waals surface area contributed by atoms with E-state index in [-0.39, 0.29) is 24.8 Å².